The number of hydrogen-bond acceptors (Lipinski definition) is 2. The Labute approximate surface area is 57.7 Å². The van der Waals surface area contributed by atoms with Gasteiger partial charge in [-0.15, -0.1) is 5.73 Å². The number of rotatable bonds is 1. The lowest BCUT2D eigenvalue weighted by atomic mass is 10.3. The molecule has 10 heavy (non-hydrogen) atoms. The highest BCUT2D eigenvalue weighted by molar-refractivity contribution is 5.44. The summed E-state index contributed by atoms with van der Waals surface area (Å²) in [6.07, 6.45) is 4.63. The summed E-state index contributed by atoms with van der Waals surface area (Å²) in [6.45, 7) is 3.38. The molecule has 0 aromatic carbocycles. The molecular weight excluding hydrogens is 128 g/mol. The molecule has 0 fully saturated rings. The summed E-state index contributed by atoms with van der Waals surface area (Å²) >= 11 is 0. The van der Waals surface area contributed by atoms with Gasteiger partial charge >= 0.3 is 5.69 Å². The second kappa shape index (κ2) is 2.80. The molecule has 1 N–H and O–H groups in total. The number of H-pyrrole nitrogens is 1. The van der Waals surface area contributed by atoms with E-state index in [4.69, 9.17) is 0 Å². The van der Waals surface area contributed by atoms with E-state index in [2.05, 4.69) is 22.3 Å². The van der Waals surface area contributed by atoms with Gasteiger partial charge in [0.25, 0.3) is 0 Å². The van der Waals surface area contributed by atoms with E-state index < -0.39 is 0 Å². The largest absolute Gasteiger partial charge is 0.344 e. The Hall–Kier alpha value is -1.60. The van der Waals surface area contributed by atoms with Gasteiger partial charge in [0.15, 0.2) is 0 Å². The van der Waals surface area contributed by atoms with E-state index in [1.807, 2.05) is 0 Å². The monoisotopic (exact) mass is 134 g/mol. The van der Waals surface area contributed by atoms with Gasteiger partial charge in [-0.2, -0.15) is 0 Å². The Morgan fingerprint density at radius 2 is 2.60 bits per heavy atom. The predicted molar refractivity (Wildman–Crippen MR) is 38.5 cm³/mol. The van der Waals surface area contributed by atoms with Crippen LogP contribution < -0.4 is 5.69 Å². The molecule has 0 saturated carbocycles. The SMILES string of the molecule is C=C=Cc1cnc(=O)[nH]c1. The van der Waals surface area contributed by atoms with Gasteiger partial charge in [0, 0.05) is 18.0 Å². The smallest absolute Gasteiger partial charge is 0.312 e. The minimum absolute atomic E-state index is 0.346. The van der Waals surface area contributed by atoms with Gasteiger partial charge in [0.2, 0.25) is 0 Å². The van der Waals surface area contributed by atoms with Crippen LogP contribution in [0.2, 0.25) is 0 Å². The first-order valence-electron chi connectivity index (χ1n) is 2.73. The maximum atomic E-state index is 10.4. The topological polar surface area (TPSA) is 45.8 Å². The van der Waals surface area contributed by atoms with Crippen molar-refractivity contribution in [1.82, 2.24) is 9.97 Å². The number of nitrogens with one attached hydrogen (secondary N) is 1. The summed E-state index contributed by atoms with van der Waals surface area (Å²) in [5, 5.41) is 0. The molecule has 3 nitrogen and oxygen atoms in total. The van der Waals surface area contributed by atoms with E-state index in [0.717, 1.165) is 5.56 Å². The van der Waals surface area contributed by atoms with Gasteiger partial charge in [0.05, 0.1) is 0 Å². The van der Waals surface area contributed by atoms with Gasteiger partial charge in [-0.3, -0.25) is 0 Å². The molecule has 0 aliphatic heterocycles. The second-order valence-corrected chi connectivity index (χ2v) is 1.70. The van der Waals surface area contributed by atoms with E-state index in [1.54, 1.807) is 12.3 Å². The highest BCUT2D eigenvalue weighted by atomic mass is 16.1. The molecule has 0 unspecified atom stereocenters. The third kappa shape index (κ3) is 1.44. The molecule has 0 amide bonds. The first-order chi connectivity index (χ1) is 4.83. The Morgan fingerprint density at radius 1 is 1.80 bits per heavy atom. The van der Waals surface area contributed by atoms with Crippen molar-refractivity contribution < 1.29 is 0 Å². The molecule has 1 heterocycles. The number of aromatic nitrogens is 2. The van der Waals surface area contributed by atoms with Crippen LogP contribution in [0.25, 0.3) is 6.08 Å². The fourth-order valence-corrected chi connectivity index (χ4v) is 0.550. The van der Waals surface area contributed by atoms with Crippen molar-refractivity contribution in [1.29, 1.82) is 0 Å². The normalized spacial score (nSPS) is 8.40. The van der Waals surface area contributed by atoms with Crippen molar-refractivity contribution in [3.8, 4) is 0 Å². The Bertz CT molecular complexity index is 300. The lowest BCUT2D eigenvalue weighted by molar-refractivity contribution is 1.07. The Morgan fingerprint density at radius 3 is 3.10 bits per heavy atom. The van der Waals surface area contributed by atoms with Gasteiger partial charge in [0.1, 0.15) is 0 Å². The van der Waals surface area contributed by atoms with E-state index in [0.29, 0.717) is 0 Å². The summed E-state index contributed by atoms with van der Waals surface area (Å²) < 4.78 is 0. The maximum absolute atomic E-state index is 10.4. The lowest BCUT2D eigenvalue weighted by Gasteiger charge is -1.85. The Balaban J connectivity index is 3.11. The molecule has 1 aromatic rings. The fraction of sp³-hybridized carbons (Fsp3) is 0. The first kappa shape index (κ1) is 6.52. The zero-order chi connectivity index (χ0) is 7.40. The molecule has 0 atom stereocenters. The van der Waals surface area contributed by atoms with Gasteiger partial charge in [-0.1, -0.05) is 6.58 Å². The minimum Gasteiger partial charge on any atom is -0.312 e. The molecule has 3 heteroatoms. The van der Waals surface area contributed by atoms with Gasteiger partial charge in [-0.05, 0) is 6.08 Å². The van der Waals surface area contributed by atoms with E-state index in [1.165, 1.54) is 6.20 Å². The quantitative estimate of drug-likeness (QED) is 0.570. The average Bonchev–Trinajstić information content (AvgIpc) is 1.95. The summed E-state index contributed by atoms with van der Waals surface area (Å²) in [4.78, 5) is 16.3. The third-order valence-electron chi connectivity index (χ3n) is 0.962. The van der Waals surface area contributed by atoms with Crippen LogP contribution in [0.4, 0.5) is 0 Å². The van der Waals surface area contributed by atoms with E-state index >= 15 is 0 Å². The van der Waals surface area contributed by atoms with Crippen LogP contribution >= 0.6 is 0 Å². The average molecular weight is 134 g/mol. The van der Waals surface area contributed by atoms with Crippen molar-refractivity contribution in [3.05, 3.63) is 40.8 Å². The zero-order valence-corrected chi connectivity index (χ0v) is 5.29. The predicted octanol–water partition coefficient (Wildman–Crippen LogP) is 0.568. The summed E-state index contributed by atoms with van der Waals surface area (Å²) in [7, 11) is 0. The van der Waals surface area contributed by atoms with Gasteiger partial charge in [-0.25, -0.2) is 9.78 Å². The van der Waals surface area contributed by atoms with Crippen LogP contribution in [0.1, 0.15) is 5.56 Å². The summed E-state index contributed by atoms with van der Waals surface area (Å²) in [5.74, 6) is 0. The molecule has 0 saturated heterocycles. The van der Waals surface area contributed by atoms with Crippen LogP contribution in [0.5, 0.6) is 0 Å². The van der Waals surface area contributed by atoms with Crippen molar-refractivity contribution in [3.63, 3.8) is 0 Å². The van der Waals surface area contributed by atoms with Crippen LogP contribution in [-0.2, 0) is 0 Å². The van der Waals surface area contributed by atoms with Crippen LogP contribution in [0.3, 0.4) is 0 Å². The van der Waals surface area contributed by atoms with Gasteiger partial charge < -0.3 is 4.98 Å². The molecule has 50 valence electrons. The van der Waals surface area contributed by atoms with Crippen molar-refractivity contribution in [2.24, 2.45) is 0 Å². The molecule has 0 radical (unpaired) electrons. The van der Waals surface area contributed by atoms with Crippen LogP contribution in [-0.4, -0.2) is 9.97 Å². The molecule has 0 aliphatic carbocycles. The van der Waals surface area contributed by atoms with Crippen LogP contribution in [0.15, 0.2) is 29.5 Å². The number of hydrogen-bond donors (Lipinski definition) is 1. The molecule has 1 rings (SSSR count). The molecular formula is C7H6N2O. The minimum atomic E-state index is -0.346. The first-order valence-corrected chi connectivity index (χ1v) is 2.73. The third-order valence-corrected chi connectivity index (χ3v) is 0.962. The standard InChI is InChI=1S/C7H6N2O/c1-2-3-6-4-8-7(10)9-5-6/h3-5H,1H2,(H,8,9,10). The second-order valence-electron chi connectivity index (χ2n) is 1.70. The Kier molecular flexibility index (Phi) is 1.83. The molecule has 0 bridgehead atoms. The highest BCUT2D eigenvalue weighted by Gasteiger charge is 1.84. The lowest BCUT2D eigenvalue weighted by Crippen LogP contribution is -2.07. The van der Waals surface area contributed by atoms with E-state index in [-0.39, 0.29) is 5.69 Å². The molecule has 1 aromatic heterocycles. The van der Waals surface area contributed by atoms with Crippen molar-refractivity contribution in [2.45, 2.75) is 0 Å². The number of nitrogens with zero attached hydrogens (tertiary/aromatic N) is 1. The molecule has 0 spiro atoms. The van der Waals surface area contributed by atoms with Crippen molar-refractivity contribution >= 4 is 6.08 Å². The van der Waals surface area contributed by atoms with Crippen LogP contribution in [0, 0.1) is 0 Å². The fourth-order valence-electron chi connectivity index (χ4n) is 0.550. The van der Waals surface area contributed by atoms with Crippen molar-refractivity contribution in [2.75, 3.05) is 0 Å². The summed E-state index contributed by atoms with van der Waals surface area (Å²) in [6, 6.07) is 0. The number of aromatic amines is 1. The highest BCUT2D eigenvalue weighted by Crippen LogP contribution is 1.90. The maximum Gasteiger partial charge on any atom is 0.344 e. The van der Waals surface area contributed by atoms with E-state index in [9.17, 15) is 4.79 Å². The summed E-state index contributed by atoms with van der Waals surface area (Å²) in [5.41, 5.74) is 3.01. The molecule has 0 aliphatic rings. The zero-order valence-electron chi connectivity index (χ0n) is 5.29.